The third-order valence-corrected chi connectivity index (χ3v) is 6.75. The highest BCUT2D eigenvalue weighted by Crippen LogP contribution is 2.19. The zero-order chi connectivity index (χ0) is 23.6. The van der Waals surface area contributed by atoms with Crippen LogP contribution in [0, 0.1) is 13.8 Å². The average molecular weight is 466 g/mol. The maximum Gasteiger partial charge on any atom is 0.420 e. The molecule has 1 amide bonds. The smallest absolute Gasteiger partial charge is 0.408 e. The molecule has 1 aromatic heterocycles. The number of sulfonamides is 1. The fourth-order valence-corrected chi connectivity index (χ4v) is 4.42. The number of fused-ring (bicyclic) bond motifs is 1. The predicted molar refractivity (Wildman–Crippen MR) is 125 cm³/mol. The fourth-order valence-electron chi connectivity index (χ4n) is 3.38. The number of rotatable bonds is 7. The van der Waals surface area contributed by atoms with Crippen molar-refractivity contribution in [1.29, 1.82) is 0 Å². The number of carbonyl (C=O) groups excluding carboxylic acids is 1. The number of oxazole rings is 1. The third-order valence-electron chi connectivity index (χ3n) is 5.35. The lowest BCUT2D eigenvalue weighted by Crippen LogP contribution is -2.25. The number of anilines is 1. The molecule has 170 valence electrons. The largest absolute Gasteiger partial charge is 0.420 e. The first-order valence-electron chi connectivity index (χ1n) is 10.3. The first-order valence-corrected chi connectivity index (χ1v) is 11.8. The van der Waals surface area contributed by atoms with E-state index in [0.29, 0.717) is 11.2 Å². The molecule has 0 saturated carbocycles. The Morgan fingerprint density at radius 2 is 1.73 bits per heavy atom. The number of aromatic nitrogens is 1. The summed E-state index contributed by atoms with van der Waals surface area (Å²) in [5.41, 5.74) is 4.00. The molecule has 0 aliphatic heterocycles. The van der Waals surface area contributed by atoms with Crippen LogP contribution in [0.2, 0.25) is 0 Å². The number of hydrogen-bond acceptors (Lipinski definition) is 5. The minimum absolute atomic E-state index is 0.0357. The van der Waals surface area contributed by atoms with Gasteiger partial charge in [0.25, 0.3) is 0 Å². The number of nitrogens with one attached hydrogen (secondary N) is 2. The Labute approximate surface area is 190 Å². The zero-order valence-electron chi connectivity index (χ0n) is 18.2. The Balaban J connectivity index is 1.52. The molecule has 4 aromatic rings. The fraction of sp³-hybridized carbons (Fsp3) is 0.167. The van der Waals surface area contributed by atoms with E-state index in [1.165, 1.54) is 22.8 Å². The van der Waals surface area contributed by atoms with Gasteiger partial charge in [0, 0.05) is 18.3 Å². The van der Waals surface area contributed by atoms with Crippen LogP contribution in [0.3, 0.4) is 0 Å². The average Bonchev–Trinajstić information content (AvgIpc) is 3.10. The molecule has 0 bridgehead atoms. The summed E-state index contributed by atoms with van der Waals surface area (Å²) >= 11 is 0. The number of aryl methyl sites for hydroxylation is 2. The van der Waals surface area contributed by atoms with Gasteiger partial charge in [0.15, 0.2) is 5.58 Å². The summed E-state index contributed by atoms with van der Waals surface area (Å²) < 4.78 is 34.3. The maximum atomic E-state index is 12.7. The molecule has 0 fully saturated rings. The molecule has 0 aliphatic rings. The molecule has 0 saturated heterocycles. The second-order valence-electron chi connectivity index (χ2n) is 7.74. The van der Waals surface area contributed by atoms with E-state index >= 15 is 0 Å². The second-order valence-corrected chi connectivity index (χ2v) is 9.51. The van der Waals surface area contributed by atoms with Crippen LogP contribution < -0.4 is 15.8 Å². The molecule has 0 atom stereocenters. The number of carbonyl (C=O) groups is 1. The molecule has 2 N–H and O–H groups in total. The Morgan fingerprint density at radius 3 is 2.45 bits per heavy atom. The predicted octanol–water partition coefficient (Wildman–Crippen LogP) is 3.33. The standard InChI is InChI=1S/C24H23N3O5S/c1-16-8-9-19(12-17(16)2)26-23(28)15-27-21-11-10-20(13-22(21)32-24(27)29)33(30,31)25-14-18-6-4-3-5-7-18/h3-13,25H,14-15H2,1-2H3,(H,26,28). The summed E-state index contributed by atoms with van der Waals surface area (Å²) in [6, 6.07) is 18.8. The van der Waals surface area contributed by atoms with Crippen LogP contribution in [0.1, 0.15) is 16.7 Å². The highest BCUT2D eigenvalue weighted by molar-refractivity contribution is 7.89. The van der Waals surface area contributed by atoms with Crippen molar-refractivity contribution in [3.8, 4) is 0 Å². The van der Waals surface area contributed by atoms with E-state index in [1.807, 2.05) is 56.3 Å². The summed E-state index contributed by atoms with van der Waals surface area (Å²) in [6.07, 6.45) is 0. The first-order chi connectivity index (χ1) is 15.7. The Bertz CT molecular complexity index is 1490. The summed E-state index contributed by atoms with van der Waals surface area (Å²) in [7, 11) is -3.83. The monoisotopic (exact) mass is 465 g/mol. The van der Waals surface area contributed by atoms with Crippen LogP contribution in [0.15, 0.2) is 80.8 Å². The number of nitrogens with zero attached hydrogens (tertiary/aromatic N) is 1. The van der Waals surface area contributed by atoms with E-state index in [2.05, 4.69) is 10.0 Å². The van der Waals surface area contributed by atoms with Gasteiger partial charge in [0.1, 0.15) is 6.54 Å². The molecule has 4 rings (SSSR count). The van der Waals surface area contributed by atoms with E-state index in [9.17, 15) is 18.0 Å². The molecule has 1 heterocycles. The minimum Gasteiger partial charge on any atom is -0.408 e. The SMILES string of the molecule is Cc1ccc(NC(=O)Cn2c(=O)oc3cc(S(=O)(=O)NCc4ccccc4)ccc32)cc1C. The summed E-state index contributed by atoms with van der Waals surface area (Å²) in [6.45, 7) is 3.78. The highest BCUT2D eigenvalue weighted by atomic mass is 32.2. The van der Waals surface area contributed by atoms with Gasteiger partial charge in [-0.3, -0.25) is 9.36 Å². The number of hydrogen-bond donors (Lipinski definition) is 2. The van der Waals surface area contributed by atoms with Crippen molar-refractivity contribution in [1.82, 2.24) is 9.29 Å². The second kappa shape index (κ2) is 9.05. The van der Waals surface area contributed by atoms with E-state index in [1.54, 1.807) is 6.07 Å². The van der Waals surface area contributed by atoms with E-state index < -0.39 is 21.7 Å². The van der Waals surface area contributed by atoms with Gasteiger partial charge in [-0.25, -0.2) is 17.9 Å². The molecule has 9 heteroatoms. The van der Waals surface area contributed by atoms with Gasteiger partial charge in [-0.15, -0.1) is 0 Å². The lowest BCUT2D eigenvalue weighted by molar-refractivity contribution is -0.116. The van der Waals surface area contributed by atoms with Crippen molar-refractivity contribution in [3.63, 3.8) is 0 Å². The summed E-state index contributed by atoms with van der Waals surface area (Å²) in [4.78, 5) is 24.8. The van der Waals surface area contributed by atoms with Crippen molar-refractivity contribution in [2.45, 2.75) is 31.8 Å². The summed E-state index contributed by atoms with van der Waals surface area (Å²) in [5.74, 6) is -1.14. The van der Waals surface area contributed by atoms with E-state index in [4.69, 9.17) is 4.42 Å². The Kier molecular flexibility index (Phi) is 6.17. The van der Waals surface area contributed by atoms with Gasteiger partial charge in [-0.05, 0) is 54.8 Å². The number of amides is 1. The molecule has 3 aromatic carbocycles. The zero-order valence-corrected chi connectivity index (χ0v) is 19.0. The van der Waals surface area contributed by atoms with Crippen LogP contribution in [-0.4, -0.2) is 18.9 Å². The van der Waals surface area contributed by atoms with Gasteiger partial charge in [0.2, 0.25) is 15.9 Å². The van der Waals surface area contributed by atoms with Crippen LogP contribution in [-0.2, 0) is 27.9 Å². The van der Waals surface area contributed by atoms with Crippen LogP contribution in [0.4, 0.5) is 5.69 Å². The highest BCUT2D eigenvalue weighted by Gasteiger charge is 2.19. The molecular weight excluding hydrogens is 442 g/mol. The van der Waals surface area contributed by atoms with Gasteiger partial charge in [-0.1, -0.05) is 36.4 Å². The molecular formula is C24H23N3O5S. The van der Waals surface area contributed by atoms with Crippen molar-refractivity contribution < 1.29 is 17.6 Å². The lowest BCUT2D eigenvalue weighted by atomic mass is 10.1. The van der Waals surface area contributed by atoms with Crippen molar-refractivity contribution >= 4 is 32.7 Å². The normalized spacial score (nSPS) is 11.6. The van der Waals surface area contributed by atoms with Gasteiger partial charge < -0.3 is 9.73 Å². The molecule has 0 unspecified atom stereocenters. The molecule has 0 spiro atoms. The van der Waals surface area contributed by atoms with Gasteiger partial charge >= 0.3 is 5.76 Å². The quantitative estimate of drug-likeness (QED) is 0.435. The molecule has 0 aliphatic carbocycles. The van der Waals surface area contributed by atoms with Crippen LogP contribution in [0.25, 0.3) is 11.1 Å². The number of benzene rings is 3. The molecule has 33 heavy (non-hydrogen) atoms. The molecule has 8 nitrogen and oxygen atoms in total. The van der Waals surface area contributed by atoms with E-state index in [-0.39, 0.29) is 23.6 Å². The van der Waals surface area contributed by atoms with Crippen LogP contribution in [0.5, 0.6) is 0 Å². The topological polar surface area (TPSA) is 110 Å². The Hall–Kier alpha value is -3.69. The lowest BCUT2D eigenvalue weighted by Gasteiger charge is -2.08. The van der Waals surface area contributed by atoms with Crippen molar-refractivity contribution in [2.24, 2.45) is 0 Å². The first kappa shape index (κ1) is 22.5. The minimum atomic E-state index is -3.83. The molecule has 0 radical (unpaired) electrons. The van der Waals surface area contributed by atoms with E-state index in [0.717, 1.165) is 16.7 Å². The Morgan fingerprint density at radius 1 is 0.970 bits per heavy atom. The van der Waals surface area contributed by atoms with Crippen molar-refractivity contribution in [3.05, 3.63) is 94.0 Å². The van der Waals surface area contributed by atoms with Crippen molar-refractivity contribution in [2.75, 3.05) is 5.32 Å². The van der Waals surface area contributed by atoms with Gasteiger partial charge in [-0.2, -0.15) is 0 Å². The van der Waals surface area contributed by atoms with Gasteiger partial charge in [0.05, 0.1) is 10.4 Å². The maximum absolute atomic E-state index is 12.7. The third kappa shape index (κ3) is 5.05. The summed E-state index contributed by atoms with van der Waals surface area (Å²) in [5, 5.41) is 2.76. The van der Waals surface area contributed by atoms with Crippen LogP contribution >= 0.6 is 0 Å².